The van der Waals surface area contributed by atoms with Crippen LogP contribution < -0.4 is 10.1 Å². The van der Waals surface area contributed by atoms with Crippen LogP contribution in [-0.4, -0.2) is 32.1 Å². The van der Waals surface area contributed by atoms with E-state index in [-0.39, 0.29) is 0 Å². The molecule has 0 aromatic heterocycles. The number of anilines is 1. The Hall–Kier alpha value is -1.22. The third-order valence-electron chi connectivity index (χ3n) is 4.22. The van der Waals surface area contributed by atoms with E-state index in [9.17, 15) is 0 Å². The average Bonchev–Trinajstić information content (AvgIpc) is 2.41. The fourth-order valence-electron chi connectivity index (χ4n) is 3.06. The monoisotopic (exact) mass is 276 g/mol. The number of benzene rings is 1. The van der Waals surface area contributed by atoms with Gasteiger partial charge in [0, 0.05) is 12.6 Å². The number of nitrogens with one attached hydrogen (secondary N) is 1. The summed E-state index contributed by atoms with van der Waals surface area (Å²) in [4.78, 5) is 2.19. The summed E-state index contributed by atoms with van der Waals surface area (Å²) in [6.07, 6.45) is 5.30. The van der Waals surface area contributed by atoms with Gasteiger partial charge in [0.15, 0.2) is 0 Å². The third kappa shape index (κ3) is 3.89. The zero-order valence-electron chi connectivity index (χ0n) is 13.3. The van der Waals surface area contributed by atoms with Gasteiger partial charge in [-0.1, -0.05) is 25.8 Å². The first-order valence-electron chi connectivity index (χ1n) is 7.68. The molecule has 0 bridgehead atoms. The zero-order chi connectivity index (χ0) is 14.5. The van der Waals surface area contributed by atoms with E-state index in [1.54, 1.807) is 7.11 Å². The lowest BCUT2D eigenvalue weighted by Crippen LogP contribution is -2.30. The molecule has 2 unspecified atom stereocenters. The highest BCUT2D eigenvalue weighted by Crippen LogP contribution is 2.31. The smallest absolute Gasteiger partial charge is 0.141 e. The van der Waals surface area contributed by atoms with E-state index in [0.717, 1.165) is 23.9 Å². The summed E-state index contributed by atoms with van der Waals surface area (Å²) in [5.41, 5.74) is 2.47. The molecule has 1 aliphatic carbocycles. The van der Waals surface area contributed by atoms with Crippen LogP contribution in [0.4, 0.5) is 5.69 Å². The Bertz CT molecular complexity index is 431. The summed E-state index contributed by atoms with van der Waals surface area (Å²) in [5.74, 6) is 1.69. The van der Waals surface area contributed by atoms with Gasteiger partial charge in [0.25, 0.3) is 0 Å². The lowest BCUT2D eigenvalue weighted by atomic mass is 9.86. The van der Waals surface area contributed by atoms with Crippen molar-refractivity contribution < 1.29 is 4.74 Å². The van der Waals surface area contributed by atoms with Gasteiger partial charge in [-0.25, -0.2) is 0 Å². The van der Waals surface area contributed by atoms with Crippen LogP contribution in [0, 0.1) is 5.92 Å². The van der Waals surface area contributed by atoms with Crippen molar-refractivity contribution in [1.82, 2.24) is 4.90 Å². The SMILES string of the molecule is COc1ccc(CN(C)C)cc1NC1CCCCC1C. The molecule has 3 heteroatoms. The first-order valence-corrected chi connectivity index (χ1v) is 7.68. The summed E-state index contributed by atoms with van der Waals surface area (Å²) >= 11 is 0. The van der Waals surface area contributed by atoms with Gasteiger partial charge in [-0.05, 0) is 50.6 Å². The van der Waals surface area contributed by atoms with Gasteiger partial charge in [0.2, 0.25) is 0 Å². The molecule has 0 spiro atoms. The maximum atomic E-state index is 5.51. The summed E-state index contributed by atoms with van der Waals surface area (Å²) in [6, 6.07) is 7.04. The van der Waals surface area contributed by atoms with E-state index < -0.39 is 0 Å². The van der Waals surface area contributed by atoms with Crippen LogP contribution in [0.5, 0.6) is 5.75 Å². The van der Waals surface area contributed by atoms with Crippen LogP contribution in [-0.2, 0) is 6.54 Å². The maximum absolute atomic E-state index is 5.51. The highest BCUT2D eigenvalue weighted by atomic mass is 16.5. The fourth-order valence-corrected chi connectivity index (χ4v) is 3.06. The zero-order valence-corrected chi connectivity index (χ0v) is 13.3. The molecule has 1 aliphatic rings. The third-order valence-corrected chi connectivity index (χ3v) is 4.22. The number of ether oxygens (including phenoxy) is 1. The van der Waals surface area contributed by atoms with Gasteiger partial charge in [-0.2, -0.15) is 0 Å². The highest BCUT2D eigenvalue weighted by Gasteiger charge is 2.22. The van der Waals surface area contributed by atoms with Crippen LogP contribution in [0.25, 0.3) is 0 Å². The number of nitrogens with zero attached hydrogens (tertiary/aromatic N) is 1. The molecular weight excluding hydrogens is 248 g/mol. The molecule has 1 fully saturated rings. The van der Waals surface area contributed by atoms with Crippen LogP contribution >= 0.6 is 0 Å². The molecule has 20 heavy (non-hydrogen) atoms. The first-order chi connectivity index (χ1) is 9.60. The highest BCUT2D eigenvalue weighted by molar-refractivity contribution is 5.58. The number of methoxy groups -OCH3 is 1. The number of hydrogen-bond donors (Lipinski definition) is 1. The van der Waals surface area contributed by atoms with Crippen molar-refractivity contribution in [3.8, 4) is 5.75 Å². The Morgan fingerprint density at radius 3 is 2.65 bits per heavy atom. The molecule has 112 valence electrons. The Labute approximate surface area is 123 Å². The van der Waals surface area contributed by atoms with Gasteiger partial charge in [0.05, 0.1) is 12.8 Å². The molecule has 3 nitrogen and oxygen atoms in total. The van der Waals surface area contributed by atoms with E-state index in [2.05, 4.69) is 49.4 Å². The molecule has 0 heterocycles. The van der Waals surface area contributed by atoms with Crippen LogP contribution in [0.2, 0.25) is 0 Å². The van der Waals surface area contributed by atoms with Crippen molar-refractivity contribution in [2.45, 2.75) is 45.2 Å². The van der Waals surface area contributed by atoms with Crippen molar-refractivity contribution in [2.24, 2.45) is 5.92 Å². The Morgan fingerprint density at radius 2 is 2.00 bits per heavy atom. The molecule has 2 rings (SSSR count). The van der Waals surface area contributed by atoms with Crippen molar-refractivity contribution in [3.63, 3.8) is 0 Å². The Kier molecular flexibility index (Phi) is 5.30. The second-order valence-corrected chi connectivity index (χ2v) is 6.28. The van der Waals surface area contributed by atoms with E-state index in [1.807, 2.05) is 0 Å². The van der Waals surface area contributed by atoms with Gasteiger partial charge in [-0.3, -0.25) is 0 Å². The molecule has 0 saturated heterocycles. The molecule has 1 saturated carbocycles. The minimum absolute atomic E-state index is 0.576. The van der Waals surface area contributed by atoms with Crippen LogP contribution in [0.15, 0.2) is 18.2 Å². The standard InChI is InChI=1S/C17H28N2O/c1-13-7-5-6-8-15(13)18-16-11-14(12-19(2)3)9-10-17(16)20-4/h9-11,13,15,18H,5-8,12H2,1-4H3. The van der Waals surface area contributed by atoms with Crippen LogP contribution in [0.3, 0.4) is 0 Å². The summed E-state index contributed by atoms with van der Waals surface area (Å²) in [6.45, 7) is 3.31. The lowest BCUT2D eigenvalue weighted by molar-refractivity contribution is 0.347. The molecule has 0 radical (unpaired) electrons. The topological polar surface area (TPSA) is 24.5 Å². The van der Waals surface area contributed by atoms with Crippen LogP contribution in [0.1, 0.15) is 38.2 Å². The van der Waals surface area contributed by atoms with Crippen molar-refractivity contribution in [3.05, 3.63) is 23.8 Å². The van der Waals surface area contributed by atoms with E-state index in [4.69, 9.17) is 4.74 Å². The summed E-state index contributed by atoms with van der Waals surface area (Å²) < 4.78 is 5.51. The van der Waals surface area contributed by atoms with Crippen molar-refractivity contribution >= 4 is 5.69 Å². The molecule has 1 N–H and O–H groups in total. The van der Waals surface area contributed by atoms with Crippen molar-refractivity contribution in [2.75, 3.05) is 26.5 Å². The Balaban J connectivity index is 2.14. The summed E-state index contributed by atoms with van der Waals surface area (Å²) in [5, 5.41) is 3.72. The largest absolute Gasteiger partial charge is 0.495 e. The van der Waals surface area contributed by atoms with E-state index in [0.29, 0.717) is 6.04 Å². The minimum atomic E-state index is 0.576. The molecule has 1 aromatic rings. The van der Waals surface area contributed by atoms with E-state index in [1.165, 1.54) is 31.2 Å². The first kappa shape index (κ1) is 15.2. The normalized spacial score (nSPS) is 22.9. The van der Waals surface area contributed by atoms with Crippen molar-refractivity contribution in [1.29, 1.82) is 0 Å². The molecule has 1 aromatic carbocycles. The second kappa shape index (κ2) is 6.98. The average molecular weight is 276 g/mol. The number of rotatable bonds is 5. The van der Waals surface area contributed by atoms with E-state index >= 15 is 0 Å². The predicted molar refractivity (Wildman–Crippen MR) is 85.4 cm³/mol. The van der Waals surface area contributed by atoms with Gasteiger partial charge >= 0.3 is 0 Å². The molecule has 2 atom stereocenters. The molecule has 0 amide bonds. The lowest BCUT2D eigenvalue weighted by Gasteiger charge is -2.31. The van der Waals surface area contributed by atoms with Gasteiger partial charge < -0.3 is 15.0 Å². The summed E-state index contributed by atoms with van der Waals surface area (Å²) in [7, 11) is 5.94. The fraction of sp³-hybridized carbons (Fsp3) is 0.647. The predicted octanol–water partition coefficient (Wildman–Crippen LogP) is 3.75. The van der Waals surface area contributed by atoms with Gasteiger partial charge in [-0.15, -0.1) is 0 Å². The quantitative estimate of drug-likeness (QED) is 0.886. The maximum Gasteiger partial charge on any atom is 0.141 e. The Morgan fingerprint density at radius 1 is 1.25 bits per heavy atom. The number of hydrogen-bond acceptors (Lipinski definition) is 3. The molecule has 0 aliphatic heterocycles. The minimum Gasteiger partial charge on any atom is -0.495 e. The van der Waals surface area contributed by atoms with Gasteiger partial charge in [0.1, 0.15) is 5.75 Å². The molecular formula is C17H28N2O. The second-order valence-electron chi connectivity index (χ2n) is 6.28.